The minimum atomic E-state index is -0.826. The molecule has 1 aromatic heterocycles. The Bertz CT molecular complexity index is 783. The van der Waals surface area contributed by atoms with Gasteiger partial charge in [0, 0.05) is 6.07 Å². The van der Waals surface area contributed by atoms with Crippen LogP contribution in [0.4, 0.5) is 13.2 Å². The first kappa shape index (κ1) is 11.6. The Morgan fingerprint density at radius 1 is 1.00 bits per heavy atom. The summed E-state index contributed by atoms with van der Waals surface area (Å²) in [4.78, 5) is 6.55. The van der Waals surface area contributed by atoms with Crippen molar-refractivity contribution >= 4 is 11.0 Å². The highest BCUT2D eigenvalue weighted by Gasteiger charge is 2.14. The van der Waals surface area contributed by atoms with Crippen LogP contribution in [0.1, 0.15) is 0 Å². The molecule has 6 heteroatoms. The fourth-order valence-corrected chi connectivity index (χ4v) is 1.87. The van der Waals surface area contributed by atoms with E-state index in [4.69, 9.17) is 0 Å². The number of phenols is 1. The molecule has 0 fully saturated rings. The molecule has 2 N–H and O–H groups in total. The van der Waals surface area contributed by atoms with E-state index in [-0.39, 0.29) is 28.2 Å². The maximum Gasteiger partial charge on any atom is 0.153 e. The van der Waals surface area contributed by atoms with Crippen LogP contribution in [0.3, 0.4) is 0 Å². The van der Waals surface area contributed by atoms with Crippen molar-refractivity contribution in [1.82, 2.24) is 9.97 Å². The van der Waals surface area contributed by atoms with Crippen molar-refractivity contribution in [2.75, 3.05) is 0 Å². The van der Waals surface area contributed by atoms with Crippen molar-refractivity contribution in [3.63, 3.8) is 0 Å². The Hall–Kier alpha value is -2.50. The van der Waals surface area contributed by atoms with Gasteiger partial charge < -0.3 is 10.1 Å². The van der Waals surface area contributed by atoms with E-state index in [1.165, 1.54) is 0 Å². The Labute approximate surface area is 105 Å². The molecule has 1 heterocycles. The van der Waals surface area contributed by atoms with Crippen molar-refractivity contribution in [2.45, 2.75) is 0 Å². The molecule has 3 nitrogen and oxygen atoms in total. The fourth-order valence-electron chi connectivity index (χ4n) is 1.87. The molecule has 3 aromatic rings. The van der Waals surface area contributed by atoms with Gasteiger partial charge in [-0.3, -0.25) is 0 Å². The standard InChI is InChI=1S/C13H7F3N2O/c14-6-1-2-11(19)8(3-6)13-17-10-5-7(15)4-9(16)12(10)18-13/h1-5,19H,(H,17,18). The minimum absolute atomic E-state index is 0.0662. The van der Waals surface area contributed by atoms with Crippen LogP contribution >= 0.6 is 0 Å². The maximum absolute atomic E-state index is 13.5. The summed E-state index contributed by atoms with van der Waals surface area (Å²) in [6.07, 6.45) is 0. The Morgan fingerprint density at radius 2 is 1.79 bits per heavy atom. The van der Waals surface area contributed by atoms with Crippen molar-refractivity contribution in [1.29, 1.82) is 0 Å². The SMILES string of the molecule is Oc1ccc(F)cc1-c1nc2c(F)cc(F)cc2[nH]1. The van der Waals surface area contributed by atoms with Crippen LogP contribution in [0, 0.1) is 17.5 Å². The van der Waals surface area contributed by atoms with Crippen molar-refractivity contribution < 1.29 is 18.3 Å². The highest BCUT2D eigenvalue weighted by molar-refractivity contribution is 5.81. The van der Waals surface area contributed by atoms with Gasteiger partial charge in [0.15, 0.2) is 5.82 Å². The first-order chi connectivity index (χ1) is 9.04. The number of hydrogen-bond donors (Lipinski definition) is 2. The zero-order chi connectivity index (χ0) is 13.6. The van der Waals surface area contributed by atoms with Crippen molar-refractivity contribution in [3.05, 3.63) is 47.8 Å². The minimum Gasteiger partial charge on any atom is -0.507 e. The molecule has 0 bridgehead atoms. The topological polar surface area (TPSA) is 48.9 Å². The van der Waals surface area contributed by atoms with Crippen LogP contribution in [-0.4, -0.2) is 15.1 Å². The van der Waals surface area contributed by atoms with Gasteiger partial charge in [-0.05, 0) is 24.3 Å². The van der Waals surface area contributed by atoms with E-state index in [0.717, 1.165) is 24.3 Å². The molecular formula is C13H7F3N2O. The van der Waals surface area contributed by atoms with Gasteiger partial charge in [-0.25, -0.2) is 18.2 Å². The molecule has 3 rings (SSSR count). The molecule has 0 atom stereocenters. The number of aromatic hydroxyl groups is 1. The third kappa shape index (κ3) is 1.91. The fraction of sp³-hybridized carbons (Fsp3) is 0. The molecular weight excluding hydrogens is 257 g/mol. The van der Waals surface area contributed by atoms with Crippen LogP contribution in [0.5, 0.6) is 5.75 Å². The number of phenolic OH excluding ortho intramolecular Hbond substituents is 1. The summed E-state index contributed by atoms with van der Waals surface area (Å²) in [7, 11) is 0. The van der Waals surface area contributed by atoms with Crippen LogP contribution < -0.4 is 0 Å². The van der Waals surface area contributed by atoms with E-state index in [1.807, 2.05) is 0 Å². The molecule has 0 saturated carbocycles. The Morgan fingerprint density at radius 3 is 2.58 bits per heavy atom. The second-order valence-electron chi connectivity index (χ2n) is 4.03. The molecule has 0 unspecified atom stereocenters. The monoisotopic (exact) mass is 264 g/mol. The van der Waals surface area contributed by atoms with Gasteiger partial charge in [0.05, 0.1) is 11.1 Å². The molecule has 0 aliphatic heterocycles. The molecule has 0 aliphatic rings. The smallest absolute Gasteiger partial charge is 0.153 e. The number of H-pyrrole nitrogens is 1. The highest BCUT2D eigenvalue weighted by atomic mass is 19.1. The average Bonchev–Trinajstić information content (AvgIpc) is 2.76. The first-order valence-electron chi connectivity index (χ1n) is 5.38. The lowest BCUT2D eigenvalue weighted by molar-refractivity contribution is 0.475. The molecule has 0 radical (unpaired) electrons. The number of hydrogen-bond acceptors (Lipinski definition) is 2. The van der Waals surface area contributed by atoms with Gasteiger partial charge in [-0.15, -0.1) is 0 Å². The van der Waals surface area contributed by atoms with Gasteiger partial charge in [0.25, 0.3) is 0 Å². The number of aromatic nitrogens is 2. The second kappa shape index (κ2) is 4.01. The first-order valence-corrected chi connectivity index (χ1v) is 5.38. The van der Waals surface area contributed by atoms with Gasteiger partial charge in [0.1, 0.15) is 28.7 Å². The van der Waals surface area contributed by atoms with E-state index in [9.17, 15) is 18.3 Å². The number of rotatable bonds is 1. The highest BCUT2D eigenvalue weighted by Crippen LogP contribution is 2.30. The molecule has 19 heavy (non-hydrogen) atoms. The van der Waals surface area contributed by atoms with Crippen LogP contribution in [0.2, 0.25) is 0 Å². The molecule has 0 aliphatic carbocycles. The second-order valence-corrected chi connectivity index (χ2v) is 4.03. The lowest BCUT2D eigenvalue weighted by Crippen LogP contribution is -1.84. The number of imidazole rings is 1. The number of nitrogens with zero attached hydrogens (tertiary/aromatic N) is 1. The number of halogens is 3. The van der Waals surface area contributed by atoms with Gasteiger partial charge in [0.2, 0.25) is 0 Å². The van der Waals surface area contributed by atoms with Crippen LogP contribution in [0.25, 0.3) is 22.4 Å². The maximum atomic E-state index is 13.5. The van der Waals surface area contributed by atoms with Crippen LogP contribution in [0.15, 0.2) is 30.3 Å². The van der Waals surface area contributed by atoms with Crippen LogP contribution in [-0.2, 0) is 0 Å². The number of benzene rings is 2. The molecule has 0 saturated heterocycles. The summed E-state index contributed by atoms with van der Waals surface area (Å²) in [5.74, 6) is -2.28. The summed E-state index contributed by atoms with van der Waals surface area (Å²) in [6.45, 7) is 0. The predicted molar refractivity (Wildman–Crippen MR) is 63.1 cm³/mol. The van der Waals surface area contributed by atoms with Crippen molar-refractivity contribution in [3.8, 4) is 17.1 Å². The third-order valence-corrected chi connectivity index (χ3v) is 2.72. The Kier molecular flexibility index (Phi) is 2.45. The molecule has 96 valence electrons. The molecule has 0 amide bonds. The Balaban J connectivity index is 2.26. The lowest BCUT2D eigenvalue weighted by atomic mass is 10.2. The van der Waals surface area contributed by atoms with E-state index < -0.39 is 17.5 Å². The van der Waals surface area contributed by atoms with Gasteiger partial charge in [-0.2, -0.15) is 0 Å². The quantitative estimate of drug-likeness (QED) is 0.708. The summed E-state index contributed by atoms with van der Waals surface area (Å²) in [5.41, 5.74) is 0.146. The number of nitrogens with one attached hydrogen (secondary N) is 1. The summed E-state index contributed by atoms with van der Waals surface area (Å²) < 4.78 is 39.7. The number of fused-ring (bicyclic) bond motifs is 1. The zero-order valence-electron chi connectivity index (χ0n) is 9.42. The van der Waals surface area contributed by atoms with E-state index >= 15 is 0 Å². The van der Waals surface area contributed by atoms with Crippen molar-refractivity contribution in [2.24, 2.45) is 0 Å². The predicted octanol–water partition coefficient (Wildman–Crippen LogP) is 3.35. The molecule has 0 spiro atoms. The normalized spacial score (nSPS) is 11.1. The lowest BCUT2D eigenvalue weighted by Gasteiger charge is -2.00. The summed E-state index contributed by atoms with van der Waals surface area (Å²) in [6, 6.07) is 5.08. The average molecular weight is 264 g/mol. The molecule has 2 aromatic carbocycles. The van der Waals surface area contributed by atoms with E-state index in [0.29, 0.717) is 6.07 Å². The number of aromatic amines is 1. The summed E-state index contributed by atoms with van der Waals surface area (Å²) in [5, 5.41) is 9.64. The van der Waals surface area contributed by atoms with Gasteiger partial charge >= 0.3 is 0 Å². The van der Waals surface area contributed by atoms with Gasteiger partial charge in [-0.1, -0.05) is 0 Å². The van der Waals surface area contributed by atoms with E-state index in [1.54, 1.807) is 0 Å². The zero-order valence-corrected chi connectivity index (χ0v) is 9.42. The third-order valence-electron chi connectivity index (χ3n) is 2.72. The summed E-state index contributed by atoms with van der Waals surface area (Å²) >= 11 is 0. The van der Waals surface area contributed by atoms with E-state index in [2.05, 4.69) is 9.97 Å². The largest absolute Gasteiger partial charge is 0.507 e.